The summed E-state index contributed by atoms with van der Waals surface area (Å²) in [7, 11) is 1.42. The van der Waals surface area contributed by atoms with Crippen LogP contribution in [0.1, 0.15) is 54.5 Å². The molecule has 1 heterocycles. The molecule has 0 unspecified atom stereocenters. The Hall–Kier alpha value is -2.55. The molecule has 0 saturated carbocycles. The maximum atomic E-state index is 13.3. The van der Waals surface area contributed by atoms with E-state index >= 15 is 0 Å². The molecule has 0 aliphatic carbocycles. The van der Waals surface area contributed by atoms with Gasteiger partial charge in [-0.15, -0.1) is 0 Å². The number of carbonyl (C=O) groups excluding carboxylic acids is 1. The Labute approximate surface area is 188 Å². The van der Waals surface area contributed by atoms with Gasteiger partial charge in [0.1, 0.15) is 0 Å². The van der Waals surface area contributed by atoms with Crippen LogP contribution in [0.25, 0.3) is 0 Å². The SMILES string of the molecule is C[C@@H](c1cc(C(F)(F)F)cc(C(F)(F)F)c1)N(C)C(=O)CC1(c2ccccc2)CCNCC1. The second-order valence-electron chi connectivity index (χ2n) is 8.59. The molecule has 2 aromatic rings. The molecule has 1 atom stereocenters. The number of hydrogen-bond acceptors (Lipinski definition) is 2. The van der Waals surface area contributed by atoms with Crippen molar-refractivity contribution in [3.63, 3.8) is 0 Å². The van der Waals surface area contributed by atoms with E-state index in [-0.39, 0.29) is 24.0 Å². The highest BCUT2D eigenvalue weighted by Gasteiger charge is 2.39. The highest BCUT2D eigenvalue weighted by atomic mass is 19.4. The molecule has 1 amide bonds. The lowest BCUT2D eigenvalue weighted by molar-refractivity contribution is -0.143. The summed E-state index contributed by atoms with van der Waals surface area (Å²) in [5, 5.41) is 3.26. The van der Waals surface area contributed by atoms with E-state index in [4.69, 9.17) is 0 Å². The molecule has 9 heteroatoms. The zero-order valence-corrected chi connectivity index (χ0v) is 18.4. The van der Waals surface area contributed by atoms with Gasteiger partial charge in [0.05, 0.1) is 17.2 Å². The monoisotopic (exact) mass is 472 g/mol. The number of halogens is 6. The smallest absolute Gasteiger partial charge is 0.339 e. The quantitative estimate of drug-likeness (QED) is 0.545. The molecule has 1 aliphatic rings. The van der Waals surface area contributed by atoms with Gasteiger partial charge in [0.25, 0.3) is 0 Å². The highest BCUT2D eigenvalue weighted by molar-refractivity contribution is 5.78. The molecule has 0 spiro atoms. The first kappa shape index (κ1) is 25.1. The Morgan fingerprint density at radius 3 is 1.97 bits per heavy atom. The van der Waals surface area contributed by atoms with Crippen LogP contribution in [0.15, 0.2) is 48.5 Å². The third-order valence-corrected chi connectivity index (χ3v) is 6.50. The molecule has 1 N–H and O–H groups in total. The van der Waals surface area contributed by atoms with E-state index in [1.54, 1.807) is 0 Å². The van der Waals surface area contributed by atoms with Crippen molar-refractivity contribution in [2.24, 2.45) is 0 Å². The van der Waals surface area contributed by atoms with Gasteiger partial charge in [-0.3, -0.25) is 4.79 Å². The predicted molar refractivity (Wildman–Crippen MR) is 112 cm³/mol. The van der Waals surface area contributed by atoms with Crippen molar-refractivity contribution < 1.29 is 31.1 Å². The Bertz CT molecular complexity index is 933. The third kappa shape index (κ3) is 5.69. The number of carbonyl (C=O) groups is 1. The topological polar surface area (TPSA) is 32.3 Å². The van der Waals surface area contributed by atoms with Gasteiger partial charge in [-0.25, -0.2) is 0 Å². The van der Waals surface area contributed by atoms with Gasteiger partial charge in [0, 0.05) is 18.9 Å². The average Bonchev–Trinajstić information content (AvgIpc) is 2.77. The van der Waals surface area contributed by atoms with Crippen molar-refractivity contribution in [1.29, 1.82) is 0 Å². The Morgan fingerprint density at radius 1 is 0.970 bits per heavy atom. The number of piperidine rings is 1. The van der Waals surface area contributed by atoms with Crippen LogP contribution in [0.3, 0.4) is 0 Å². The maximum absolute atomic E-state index is 13.3. The first-order valence-corrected chi connectivity index (χ1v) is 10.6. The first-order chi connectivity index (χ1) is 15.3. The first-order valence-electron chi connectivity index (χ1n) is 10.6. The number of benzene rings is 2. The van der Waals surface area contributed by atoms with Crippen LogP contribution < -0.4 is 5.32 Å². The van der Waals surface area contributed by atoms with Crippen molar-refractivity contribution in [1.82, 2.24) is 10.2 Å². The van der Waals surface area contributed by atoms with Crippen LogP contribution in [0.4, 0.5) is 26.3 Å². The van der Waals surface area contributed by atoms with Crippen LogP contribution in [-0.4, -0.2) is 30.9 Å². The van der Waals surface area contributed by atoms with Crippen molar-refractivity contribution in [2.75, 3.05) is 20.1 Å². The van der Waals surface area contributed by atoms with Gasteiger partial charge in [-0.05, 0) is 62.2 Å². The van der Waals surface area contributed by atoms with E-state index in [0.717, 1.165) is 5.56 Å². The van der Waals surface area contributed by atoms with Crippen LogP contribution in [-0.2, 0) is 22.6 Å². The van der Waals surface area contributed by atoms with Crippen LogP contribution in [0.5, 0.6) is 0 Å². The molecule has 3 rings (SSSR count). The van der Waals surface area contributed by atoms with Crippen molar-refractivity contribution >= 4 is 5.91 Å². The molecular weight excluding hydrogens is 446 g/mol. The zero-order chi connectivity index (χ0) is 24.4. The van der Waals surface area contributed by atoms with Gasteiger partial charge in [0.2, 0.25) is 5.91 Å². The van der Waals surface area contributed by atoms with E-state index in [1.165, 1.54) is 18.9 Å². The fourth-order valence-corrected chi connectivity index (χ4v) is 4.34. The lowest BCUT2D eigenvalue weighted by atomic mass is 9.70. The molecular formula is C24H26F6N2O. The molecule has 180 valence electrons. The Morgan fingerprint density at radius 2 is 1.48 bits per heavy atom. The van der Waals surface area contributed by atoms with Gasteiger partial charge in [0.15, 0.2) is 0 Å². The molecule has 1 aliphatic heterocycles. The van der Waals surface area contributed by atoms with Gasteiger partial charge < -0.3 is 10.2 Å². The number of hydrogen-bond donors (Lipinski definition) is 1. The molecule has 0 radical (unpaired) electrons. The molecule has 1 saturated heterocycles. The summed E-state index contributed by atoms with van der Waals surface area (Å²) < 4.78 is 79.5. The number of amides is 1. The molecule has 1 fully saturated rings. The summed E-state index contributed by atoms with van der Waals surface area (Å²) in [6.45, 7) is 2.86. The van der Waals surface area contributed by atoms with Gasteiger partial charge >= 0.3 is 12.4 Å². The normalized spacial score (nSPS) is 17.5. The lowest BCUT2D eigenvalue weighted by Gasteiger charge is -2.39. The zero-order valence-electron chi connectivity index (χ0n) is 18.4. The van der Waals surface area contributed by atoms with E-state index < -0.39 is 34.9 Å². The lowest BCUT2D eigenvalue weighted by Crippen LogP contribution is -2.44. The summed E-state index contributed by atoms with van der Waals surface area (Å²) in [4.78, 5) is 14.5. The molecule has 0 aromatic heterocycles. The van der Waals surface area contributed by atoms with Crippen LogP contribution >= 0.6 is 0 Å². The van der Waals surface area contributed by atoms with E-state index in [1.807, 2.05) is 30.3 Å². The summed E-state index contributed by atoms with van der Waals surface area (Å²) >= 11 is 0. The summed E-state index contributed by atoms with van der Waals surface area (Å²) in [6.07, 6.45) is -8.36. The van der Waals surface area contributed by atoms with E-state index in [0.29, 0.717) is 38.1 Å². The molecule has 3 nitrogen and oxygen atoms in total. The maximum Gasteiger partial charge on any atom is 0.416 e. The van der Waals surface area contributed by atoms with Crippen molar-refractivity contribution in [3.8, 4) is 0 Å². The number of nitrogens with one attached hydrogen (secondary N) is 1. The highest BCUT2D eigenvalue weighted by Crippen LogP contribution is 2.40. The Balaban J connectivity index is 1.90. The van der Waals surface area contributed by atoms with Gasteiger partial charge in [-0.2, -0.15) is 26.3 Å². The number of rotatable bonds is 5. The second-order valence-corrected chi connectivity index (χ2v) is 8.59. The summed E-state index contributed by atoms with van der Waals surface area (Å²) in [5.74, 6) is -0.334. The minimum absolute atomic E-state index is 0.0947. The third-order valence-electron chi connectivity index (χ3n) is 6.50. The average molecular weight is 472 g/mol. The van der Waals surface area contributed by atoms with Gasteiger partial charge in [-0.1, -0.05) is 30.3 Å². The van der Waals surface area contributed by atoms with Crippen LogP contribution in [0, 0.1) is 0 Å². The minimum Gasteiger partial charge on any atom is -0.339 e. The van der Waals surface area contributed by atoms with Crippen molar-refractivity contribution in [2.45, 2.75) is 50.0 Å². The second kappa shape index (κ2) is 9.37. The Kier molecular flexibility index (Phi) is 7.12. The largest absolute Gasteiger partial charge is 0.416 e. The van der Waals surface area contributed by atoms with Crippen molar-refractivity contribution in [3.05, 3.63) is 70.8 Å². The van der Waals surface area contributed by atoms with E-state index in [9.17, 15) is 31.1 Å². The summed E-state index contributed by atoms with van der Waals surface area (Å²) in [6, 6.07) is 10.0. The standard InChI is InChI=1S/C24H26F6N2O/c1-16(17-12-19(23(25,26)27)14-20(13-17)24(28,29)30)32(2)21(33)15-22(8-10-31-11-9-22)18-6-4-3-5-7-18/h3-7,12-14,16,31H,8-11,15H2,1-2H3/t16-/m0/s1. The van der Waals surface area contributed by atoms with Crippen LogP contribution in [0.2, 0.25) is 0 Å². The summed E-state index contributed by atoms with van der Waals surface area (Å²) in [5.41, 5.74) is -2.44. The number of alkyl halides is 6. The number of nitrogens with zero attached hydrogens (tertiary/aromatic N) is 1. The fourth-order valence-electron chi connectivity index (χ4n) is 4.34. The van der Waals surface area contributed by atoms with E-state index in [2.05, 4.69) is 5.32 Å². The fraction of sp³-hybridized carbons (Fsp3) is 0.458. The molecule has 33 heavy (non-hydrogen) atoms. The predicted octanol–water partition coefficient (Wildman–Crippen LogP) is 5.96. The molecule has 0 bridgehead atoms. The minimum atomic E-state index is -4.94. The molecule has 2 aromatic carbocycles.